The lowest BCUT2D eigenvalue weighted by Crippen LogP contribution is -2.64. The van der Waals surface area contributed by atoms with Crippen LogP contribution in [0.1, 0.15) is 40.0 Å². The minimum Gasteiger partial charge on any atom is -0.480 e. The Kier molecular flexibility index (Phi) is 5.37. The van der Waals surface area contributed by atoms with Crippen molar-refractivity contribution in [3.05, 3.63) is 0 Å². The van der Waals surface area contributed by atoms with E-state index < -0.39 is 29.7 Å². The molecular formula is C16H27N3O5. The molecule has 0 unspecified atom stereocenters. The van der Waals surface area contributed by atoms with E-state index >= 15 is 0 Å². The molecule has 2 amide bonds. The number of carbonyl (C=O) groups excluding carboxylic acids is 2. The van der Waals surface area contributed by atoms with Gasteiger partial charge in [0.15, 0.2) is 0 Å². The number of hydrogen-bond donors (Lipinski definition) is 2. The fraction of sp³-hybridized carbons (Fsp3) is 0.812. The molecule has 0 spiro atoms. The zero-order valence-corrected chi connectivity index (χ0v) is 14.7. The Morgan fingerprint density at radius 2 is 1.92 bits per heavy atom. The highest BCUT2D eigenvalue weighted by Gasteiger charge is 2.44. The van der Waals surface area contributed by atoms with Crippen molar-refractivity contribution < 1.29 is 24.2 Å². The Morgan fingerprint density at radius 1 is 1.25 bits per heavy atom. The number of carboxylic acid groups (broad SMARTS) is 1. The Bertz CT molecular complexity index is 516. The monoisotopic (exact) mass is 341 g/mol. The number of fused-ring (bicyclic) bond motifs is 1. The third-order valence-corrected chi connectivity index (χ3v) is 4.29. The van der Waals surface area contributed by atoms with E-state index in [9.17, 15) is 19.5 Å². The van der Waals surface area contributed by atoms with E-state index in [1.54, 1.807) is 20.8 Å². The summed E-state index contributed by atoms with van der Waals surface area (Å²) >= 11 is 0. The molecule has 2 fully saturated rings. The topological polar surface area (TPSA) is 99.2 Å². The third kappa shape index (κ3) is 4.37. The Hall–Kier alpha value is -1.83. The Labute approximate surface area is 142 Å². The van der Waals surface area contributed by atoms with Gasteiger partial charge in [0.05, 0.1) is 0 Å². The molecule has 8 heteroatoms. The van der Waals surface area contributed by atoms with E-state index in [4.69, 9.17) is 4.74 Å². The maximum atomic E-state index is 12.9. The highest BCUT2D eigenvalue weighted by atomic mass is 16.6. The molecule has 2 rings (SSSR count). The molecule has 8 nitrogen and oxygen atoms in total. The molecule has 3 atom stereocenters. The summed E-state index contributed by atoms with van der Waals surface area (Å²) in [6.07, 6.45) is 1.31. The van der Waals surface area contributed by atoms with E-state index in [-0.39, 0.29) is 18.5 Å². The summed E-state index contributed by atoms with van der Waals surface area (Å²) in [5.41, 5.74) is -0.655. The summed E-state index contributed by atoms with van der Waals surface area (Å²) in [4.78, 5) is 39.9. The van der Waals surface area contributed by atoms with E-state index in [1.807, 2.05) is 11.9 Å². The minimum atomic E-state index is -1.02. The summed E-state index contributed by atoms with van der Waals surface area (Å²) in [7, 11) is 1.86. The lowest BCUT2D eigenvalue weighted by Gasteiger charge is -2.43. The Morgan fingerprint density at radius 3 is 2.50 bits per heavy atom. The van der Waals surface area contributed by atoms with Gasteiger partial charge in [-0.3, -0.25) is 4.79 Å². The van der Waals surface area contributed by atoms with Gasteiger partial charge in [-0.25, -0.2) is 9.59 Å². The fourth-order valence-electron chi connectivity index (χ4n) is 3.37. The normalized spacial score (nSPS) is 28.8. The number of piperazine rings is 1. The van der Waals surface area contributed by atoms with Crippen LogP contribution in [0.5, 0.6) is 0 Å². The quantitative estimate of drug-likeness (QED) is 0.765. The number of rotatable bonds is 2. The van der Waals surface area contributed by atoms with Crippen LogP contribution in [0.3, 0.4) is 0 Å². The van der Waals surface area contributed by atoms with Crippen molar-refractivity contribution in [2.75, 3.05) is 20.1 Å². The molecule has 0 aliphatic carbocycles. The summed E-state index contributed by atoms with van der Waals surface area (Å²) in [5, 5.41) is 12.1. The standard InChI is InChI=1S/C16H27N3O5/c1-16(2,3)24-15(23)17-11-7-5-6-10-8-18(4)9-12(14(21)22)19(10)13(11)20/h10-12H,5-9H2,1-4H3,(H,17,23)(H,21,22)/t10-,11-,12-/m0/s1. The van der Waals surface area contributed by atoms with Crippen molar-refractivity contribution in [2.24, 2.45) is 0 Å². The first kappa shape index (κ1) is 18.5. The molecular weight excluding hydrogens is 314 g/mol. The average Bonchev–Trinajstić information content (AvgIpc) is 2.56. The third-order valence-electron chi connectivity index (χ3n) is 4.29. The van der Waals surface area contributed by atoms with Crippen LogP contribution in [0.25, 0.3) is 0 Å². The van der Waals surface area contributed by atoms with Gasteiger partial charge < -0.3 is 25.0 Å². The first-order valence-corrected chi connectivity index (χ1v) is 8.31. The van der Waals surface area contributed by atoms with Gasteiger partial charge in [-0.2, -0.15) is 0 Å². The highest BCUT2D eigenvalue weighted by molar-refractivity contribution is 5.90. The van der Waals surface area contributed by atoms with Crippen LogP contribution >= 0.6 is 0 Å². The van der Waals surface area contributed by atoms with E-state index in [2.05, 4.69) is 5.32 Å². The number of alkyl carbamates (subject to hydrolysis) is 1. The second-order valence-electron chi connectivity index (χ2n) is 7.60. The molecule has 0 radical (unpaired) electrons. The predicted octanol–water partition coefficient (Wildman–Crippen LogP) is 0.659. The van der Waals surface area contributed by atoms with Gasteiger partial charge in [0, 0.05) is 19.1 Å². The number of carboxylic acids is 1. The van der Waals surface area contributed by atoms with E-state index in [0.29, 0.717) is 13.0 Å². The lowest BCUT2D eigenvalue weighted by atomic mass is 10.0. The van der Waals surface area contributed by atoms with Gasteiger partial charge in [-0.1, -0.05) is 0 Å². The maximum Gasteiger partial charge on any atom is 0.408 e. The number of aliphatic carboxylic acids is 1. The van der Waals surface area contributed by atoms with Crippen LogP contribution in [0.2, 0.25) is 0 Å². The van der Waals surface area contributed by atoms with Crippen molar-refractivity contribution in [1.29, 1.82) is 0 Å². The van der Waals surface area contributed by atoms with Crippen LogP contribution in [0, 0.1) is 0 Å². The molecule has 0 saturated carbocycles. The zero-order valence-electron chi connectivity index (χ0n) is 14.7. The van der Waals surface area contributed by atoms with Gasteiger partial charge in [-0.15, -0.1) is 0 Å². The van der Waals surface area contributed by atoms with Gasteiger partial charge in [0.2, 0.25) is 5.91 Å². The first-order chi connectivity index (χ1) is 11.1. The molecule has 2 aliphatic heterocycles. The average molecular weight is 341 g/mol. The van der Waals surface area contributed by atoms with E-state index in [0.717, 1.165) is 12.8 Å². The largest absolute Gasteiger partial charge is 0.480 e. The molecule has 0 aromatic rings. The summed E-state index contributed by atoms with van der Waals surface area (Å²) in [6, 6.07) is -1.76. The van der Waals surface area contributed by atoms with Crippen LogP contribution in [0.15, 0.2) is 0 Å². The van der Waals surface area contributed by atoms with Crippen molar-refractivity contribution in [3.8, 4) is 0 Å². The summed E-state index contributed by atoms with van der Waals surface area (Å²) < 4.78 is 5.21. The van der Waals surface area contributed by atoms with Crippen LogP contribution < -0.4 is 5.32 Å². The maximum absolute atomic E-state index is 12.9. The second-order valence-corrected chi connectivity index (χ2v) is 7.60. The summed E-state index contributed by atoms with van der Waals surface area (Å²) in [5.74, 6) is -1.35. The van der Waals surface area contributed by atoms with Gasteiger partial charge in [0.1, 0.15) is 17.7 Å². The molecule has 0 aromatic heterocycles. The van der Waals surface area contributed by atoms with Crippen molar-refractivity contribution in [2.45, 2.75) is 63.8 Å². The van der Waals surface area contributed by atoms with Gasteiger partial charge in [-0.05, 0) is 47.1 Å². The molecule has 2 saturated heterocycles. The highest BCUT2D eigenvalue weighted by Crippen LogP contribution is 2.25. The van der Waals surface area contributed by atoms with Gasteiger partial charge >= 0.3 is 12.1 Å². The van der Waals surface area contributed by atoms with Crippen LogP contribution in [0.4, 0.5) is 4.79 Å². The number of likely N-dealkylation sites (N-methyl/N-ethyl adjacent to an activating group) is 1. The number of amides is 2. The molecule has 2 aliphatic rings. The fourth-order valence-corrected chi connectivity index (χ4v) is 3.37. The summed E-state index contributed by atoms with van der Waals surface area (Å²) in [6.45, 7) is 6.18. The molecule has 136 valence electrons. The number of nitrogens with one attached hydrogen (secondary N) is 1. The smallest absolute Gasteiger partial charge is 0.408 e. The molecule has 24 heavy (non-hydrogen) atoms. The molecule has 2 heterocycles. The van der Waals surface area contributed by atoms with Crippen molar-refractivity contribution >= 4 is 18.0 Å². The number of nitrogens with zero attached hydrogens (tertiary/aromatic N) is 2. The lowest BCUT2D eigenvalue weighted by molar-refractivity contribution is -0.157. The Balaban J connectivity index is 2.15. The number of hydrogen-bond acceptors (Lipinski definition) is 5. The number of ether oxygens (including phenoxy) is 1. The van der Waals surface area contributed by atoms with Crippen molar-refractivity contribution in [1.82, 2.24) is 15.1 Å². The minimum absolute atomic E-state index is 0.136. The number of carbonyl (C=O) groups is 3. The molecule has 0 bridgehead atoms. The first-order valence-electron chi connectivity index (χ1n) is 8.31. The SMILES string of the molecule is CN1C[C@@H]2CCC[C@H](NC(=O)OC(C)(C)C)C(=O)N2[C@H](C(=O)O)C1. The molecule has 2 N–H and O–H groups in total. The predicted molar refractivity (Wildman–Crippen MR) is 86.6 cm³/mol. The van der Waals surface area contributed by atoms with E-state index in [1.165, 1.54) is 4.90 Å². The van der Waals surface area contributed by atoms with Gasteiger partial charge in [0.25, 0.3) is 0 Å². The molecule has 0 aromatic carbocycles. The second kappa shape index (κ2) is 6.96. The zero-order chi connectivity index (χ0) is 18.1. The van der Waals surface area contributed by atoms with Crippen LogP contribution in [-0.4, -0.2) is 76.7 Å². The van der Waals surface area contributed by atoms with Crippen molar-refractivity contribution in [3.63, 3.8) is 0 Å². The van der Waals surface area contributed by atoms with Crippen LogP contribution in [-0.2, 0) is 14.3 Å².